The predicted octanol–water partition coefficient (Wildman–Crippen LogP) is 0.763. The molecule has 1 N–H and O–H groups in total. The number of amides is 3. The van der Waals surface area contributed by atoms with Gasteiger partial charge in [-0.05, 0) is 30.2 Å². The van der Waals surface area contributed by atoms with Crippen molar-refractivity contribution in [1.82, 2.24) is 10.2 Å². The van der Waals surface area contributed by atoms with Gasteiger partial charge in [0, 0.05) is 24.9 Å². The molecule has 1 aromatic carbocycles. The van der Waals surface area contributed by atoms with Crippen LogP contribution < -0.4 is 10.1 Å². The molecule has 0 radical (unpaired) electrons. The highest BCUT2D eigenvalue weighted by molar-refractivity contribution is 6.05. The molecule has 1 saturated heterocycles. The van der Waals surface area contributed by atoms with Crippen molar-refractivity contribution < 1.29 is 23.9 Å². The highest BCUT2D eigenvalue weighted by atomic mass is 16.5. The van der Waals surface area contributed by atoms with Crippen LogP contribution in [-0.2, 0) is 20.9 Å². The number of fused-ring (bicyclic) bond motifs is 1. The molecule has 1 atom stereocenters. The molecule has 0 aromatic heterocycles. The van der Waals surface area contributed by atoms with Gasteiger partial charge in [0.1, 0.15) is 11.8 Å². The average Bonchev–Trinajstić information content (AvgIpc) is 2.83. The quantitative estimate of drug-likeness (QED) is 0.505. The van der Waals surface area contributed by atoms with Crippen molar-refractivity contribution in [2.45, 2.75) is 38.8 Å². The largest absolute Gasteiger partial charge is 0.427 e. The van der Waals surface area contributed by atoms with Crippen LogP contribution in [-0.4, -0.2) is 34.6 Å². The van der Waals surface area contributed by atoms with Crippen molar-refractivity contribution >= 4 is 23.7 Å². The Balaban J connectivity index is 1.80. The first-order valence-electron chi connectivity index (χ1n) is 7.48. The number of esters is 1. The average molecular weight is 316 g/mol. The second-order valence-electron chi connectivity index (χ2n) is 5.55. The van der Waals surface area contributed by atoms with Crippen molar-refractivity contribution in [3.05, 3.63) is 29.3 Å². The molecule has 3 rings (SSSR count). The first-order chi connectivity index (χ1) is 11.0. The maximum Gasteiger partial charge on any atom is 0.310 e. The minimum absolute atomic E-state index is 0.218. The van der Waals surface area contributed by atoms with Gasteiger partial charge in [0.15, 0.2) is 0 Å². The Hall–Kier alpha value is -2.70. The number of carbonyl (C=O) groups is 4. The van der Waals surface area contributed by atoms with Crippen molar-refractivity contribution in [3.63, 3.8) is 0 Å². The number of rotatable bonds is 3. The molecule has 0 spiro atoms. The zero-order chi connectivity index (χ0) is 16.6. The highest BCUT2D eigenvalue weighted by Crippen LogP contribution is 2.30. The van der Waals surface area contributed by atoms with Gasteiger partial charge in [0.2, 0.25) is 11.8 Å². The number of nitrogens with zero attached hydrogens (tertiary/aromatic N) is 1. The van der Waals surface area contributed by atoms with Gasteiger partial charge >= 0.3 is 5.97 Å². The van der Waals surface area contributed by atoms with Gasteiger partial charge < -0.3 is 9.64 Å². The second-order valence-corrected chi connectivity index (χ2v) is 5.55. The molecule has 2 heterocycles. The number of hydrogen-bond acceptors (Lipinski definition) is 5. The van der Waals surface area contributed by atoms with Gasteiger partial charge in [-0.25, -0.2) is 0 Å². The van der Waals surface area contributed by atoms with E-state index in [1.807, 2.05) is 0 Å². The molecule has 0 bridgehead atoms. The van der Waals surface area contributed by atoms with Crippen LogP contribution in [0.1, 0.15) is 42.1 Å². The molecule has 2 aliphatic rings. The summed E-state index contributed by atoms with van der Waals surface area (Å²) >= 11 is 0. The lowest BCUT2D eigenvalue weighted by atomic mass is 10.0. The minimum Gasteiger partial charge on any atom is -0.427 e. The third-order valence-electron chi connectivity index (χ3n) is 4.02. The van der Waals surface area contributed by atoms with Gasteiger partial charge in [-0.2, -0.15) is 0 Å². The van der Waals surface area contributed by atoms with Gasteiger partial charge in [0.05, 0.1) is 0 Å². The molecule has 0 saturated carbocycles. The summed E-state index contributed by atoms with van der Waals surface area (Å²) in [6, 6.07) is 4.17. The van der Waals surface area contributed by atoms with E-state index < -0.39 is 11.9 Å². The summed E-state index contributed by atoms with van der Waals surface area (Å²) in [6.45, 7) is 1.96. The Morgan fingerprint density at radius 3 is 2.83 bits per heavy atom. The molecular weight excluding hydrogens is 300 g/mol. The number of ether oxygens (including phenoxy) is 1. The second kappa shape index (κ2) is 5.83. The van der Waals surface area contributed by atoms with Gasteiger partial charge in [-0.3, -0.25) is 24.5 Å². The lowest BCUT2D eigenvalue weighted by Crippen LogP contribution is -2.52. The Kier molecular flexibility index (Phi) is 3.85. The van der Waals surface area contributed by atoms with E-state index >= 15 is 0 Å². The van der Waals surface area contributed by atoms with Gasteiger partial charge in [-0.15, -0.1) is 0 Å². The monoisotopic (exact) mass is 316 g/mol. The maximum atomic E-state index is 12.5. The number of imide groups is 1. The normalized spacial score (nSPS) is 20.3. The zero-order valence-electron chi connectivity index (χ0n) is 12.6. The molecule has 23 heavy (non-hydrogen) atoms. The third kappa shape index (κ3) is 2.81. The summed E-state index contributed by atoms with van der Waals surface area (Å²) in [6.07, 6.45) is 0.802. The van der Waals surface area contributed by atoms with Crippen LogP contribution in [0, 0.1) is 0 Å². The molecule has 2 aliphatic heterocycles. The highest BCUT2D eigenvalue weighted by Gasteiger charge is 2.39. The predicted molar refractivity (Wildman–Crippen MR) is 78.4 cm³/mol. The van der Waals surface area contributed by atoms with Crippen LogP contribution in [0.15, 0.2) is 18.2 Å². The first kappa shape index (κ1) is 15.2. The maximum absolute atomic E-state index is 12.5. The molecule has 1 aromatic rings. The minimum atomic E-state index is -0.644. The Labute approximate surface area is 132 Å². The van der Waals surface area contributed by atoms with E-state index in [4.69, 9.17) is 4.74 Å². The summed E-state index contributed by atoms with van der Waals surface area (Å²) in [5.74, 6) is -0.975. The Morgan fingerprint density at radius 1 is 1.35 bits per heavy atom. The lowest BCUT2D eigenvalue weighted by Gasteiger charge is -2.29. The Bertz CT molecular complexity index is 712. The van der Waals surface area contributed by atoms with E-state index in [9.17, 15) is 19.2 Å². The zero-order valence-corrected chi connectivity index (χ0v) is 12.6. The SMILES string of the molecule is CCC(=O)Oc1ccc2c(c1)CN(C1CCC(=O)NC1=O)C2=O. The number of carbonyl (C=O) groups excluding carboxylic acids is 4. The molecule has 1 unspecified atom stereocenters. The molecule has 0 aliphatic carbocycles. The smallest absolute Gasteiger partial charge is 0.310 e. The first-order valence-corrected chi connectivity index (χ1v) is 7.48. The summed E-state index contributed by atoms with van der Waals surface area (Å²) in [4.78, 5) is 48.4. The Morgan fingerprint density at radius 2 is 2.13 bits per heavy atom. The standard InChI is InChI=1S/C16H16N2O5/c1-2-14(20)23-10-3-4-11-9(7-10)8-18(16(11)22)12-5-6-13(19)17-15(12)21/h3-4,7,12H,2,5-6,8H2,1H3,(H,17,19,21). The molecular formula is C16H16N2O5. The van der Waals surface area contributed by atoms with Crippen molar-refractivity contribution in [2.75, 3.05) is 0 Å². The summed E-state index contributed by atoms with van der Waals surface area (Å²) in [5.41, 5.74) is 1.20. The van der Waals surface area contributed by atoms with Crippen LogP contribution in [0.25, 0.3) is 0 Å². The molecule has 7 heteroatoms. The summed E-state index contributed by atoms with van der Waals surface area (Å²) in [5, 5.41) is 2.26. The van der Waals surface area contributed by atoms with E-state index in [-0.39, 0.29) is 37.2 Å². The number of benzene rings is 1. The van der Waals surface area contributed by atoms with Crippen LogP contribution in [0.4, 0.5) is 0 Å². The molecule has 1 fully saturated rings. The van der Waals surface area contributed by atoms with Crippen molar-refractivity contribution in [3.8, 4) is 5.75 Å². The van der Waals surface area contributed by atoms with E-state index in [1.165, 1.54) is 4.90 Å². The summed E-state index contributed by atoms with van der Waals surface area (Å²) < 4.78 is 5.15. The van der Waals surface area contributed by atoms with E-state index in [2.05, 4.69) is 5.32 Å². The fourth-order valence-electron chi connectivity index (χ4n) is 2.82. The fourth-order valence-corrected chi connectivity index (χ4v) is 2.82. The van der Waals surface area contributed by atoms with E-state index in [0.717, 1.165) is 0 Å². The number of hydrogen-bond donors (Lipinski definition) is 1. The van der Waals surface area contributed by atoms with Crippen molar-refractivity contribution in [2.24, 2.45) is 0 Å². The fraction of sp³-hybridized carbons (Fsp3) is 0.375. The van der Waals surface area contributed by atoms with Crippen LogP contribution in [0.2, 0.25) is 0 Å². The lowest BCUT2D eigenvalue weighted by molar-refractivity contribution is -0.137. The third-order valence-corrected chi connectivity index (χ3v) is 4.02. The van der Waals surface area contributed by atoms with Crippen LogP contribution in [0.5, 0.6) is 5.75 Å². The van der Waals surface area contributed by atoms with Crippen LogP contribution >= 0.6 is 0 Å². The van der Waals surface area contributed by atoms with E-state index in [1.54, 1.807) is 25.1 Å². The van der Waals surface area contributed by atoms with Gasteiger partial charge in [-0.1, -0.05) is 6.92 Å². The van der Waals surface area contributed by atoms with Gasteiger partial charge in [0.25, 0.3) is 5.91 Å². The number of piperidine rings is 1. The molecule has 3 amide bonds. The van der Waals surface area contributed by atoms with E-state index in [0.29, 0.717) is 23.3 Å². The molecule has 120 valence electrons. The summed E-state index contributed by atoms with van der Waals surface area (Å²) in [7, 11) is 0. The number of nitrogens with one attached hydrogen (secondary N) is 1. The van der Waals surface area contributed by atoms with Crippen molar-refractivity contribution in [1.29, 1.82) is 0 Å². The molecule has 7 nitrogen and oxygen atoms in total. The topological polar surface area (TPSA) is 92.8 Å². The van der Waals surface area contributed by atoms with Crippen LogP contribution in [0.3, 0.4) is 0 Å².